The van der Waals surface area contributed by atoms with Crippen molar-refractivity contribution in [1.82, 2.24) is 9.80 Å². The lowest BCUT2D eigenvalue weighted by atomic mass is 10.2. The van der Waals surface area contributed by atoms with Gasteiger partial charge in [-0.25, -0.2) is 4.79 Å². The van der Waals surface area contributed by atoms with E-state index >= 15 is 0 Å². The highest BCUT2D eigenvalue weighted by molar-refractivity contribution is 5.68. The van der Waals surface area contributed by atoms with Crippen molar-refractivity contribution in [3.8, 4) is 0 Å². The van der Waals surface area contributed by atoms with Gasteiger partial charge >= 0.3 is 6.09 Å². The van der Waals surface area contributed by atoms with Crippen LogP contribution in [0.3, 0.4) is 0 Å². The second kappa shape index (κ2) is 5.01. The molecule has 0 aromatic heterocycles. The van der Waals surface area contributed by atoms with Gasteiger partial charge in [0.1, 0.15) is 5.60 Å². The van der Waals surface area contributed by atoms with Gasteiger partial charge in [-0.1, -0.05) is 0 Å². The van der Waals surface area contributed by atoms with E-state index in [4.69, 9.17) is 10.5 Å². The third-order valence-electron chi connectivity index (χ3n) is 2.70. The lowest BCUT2D eigenvalue weighted by Crippen LogP contribution is -2.56. The van der Waals surface area contributed by atoms with Gasteiger partial charge in [-0.15, -0.1) is 0 Å². The number of rotatable bonds is 1. The van der Waals surface area contributed by atoms with Crippen molar-refractivity contribution in [2.75, 3.05) is 33.2 Å². The second-order valence-electron chi connectivity index (χ2n) is 5.30. The quantitative estimate of drug-likeness (QED) is 0.711. The Labute approximate surface area is 97.5 Å². The number of amides is 1. The SMILES string of the molecule is CN1CCN(C(=O)OC(C)(C)C)C[C@@H]1CN. The number of piperazine rings is 1. The van der Waals surface area contributed by atoms with Crippen molar-refractivity contribution in [3.05, 3.63) is 0 Å². The van der Waals surface area contributed by atoms with E-state index < -0.39 is 5.60 Å². The van der Waals surface area contributed by atoms with Gasteiger partial charge in [0, 0.05) is 32.2 Å². The minimum Gasteiger partial charge on any atom is -0.444 e. The molecule has 1 aliphatic rings. The van der Waals surface area contributed by atoms with Gasteiger partial charge in [0.15, 0.2) is 0 Å². The van der Waals surface area contributed by atoms with E-state index in [1.807, 2.05) is 27.8 Å². The fraction of sp³-hybridized carbons (Fsp3) is 0.909. The molecule has 5 heteroatoms. The van der Waals surface area contributed by atoms with E-state index in [-0.39, 0.29) is 12.1 Å². The molecule has 0 aliphatic carbocycles. The highest BCUT2D eigenvalue weighted by Gasteiger charge is 2.29. The first-order chi connectivity index (χ1) is 7.33. The molecule has 1 saturated heterocycles. The van der Waals surface area contributed by atoms with Crippen LogP contribution in [0.25, 0.3) is 0 Å². The van der Waals surface area contributed by atoms with E-state index in [0.717, 1.165) is 6.54 Å². The van der Waals surface area contributed by atoms with Gasteiger partial charge in [0.2, 0.25) is 0 Å². The molecule has 5 nitrogen and oxygen atoms in total. The van der Waals surface area contributed by atoms with Crippen LogP contribution in [0.4, 0.5) is 4.79 Å². The van der Waals surface area contributed by atoms with E-state index in [9.17, 15) is 4.79 Å². The molecule has 0 bridgehead atoms. The maximum absolute atomic E-state index is 11.8. The van der Waals surface area contributed by atoms with Gasteiger partial charge in [0.25, 0.3) is 0 Å². The Morgan fingerprint density at radius 1 is 1.44 bits per heavy atom. The third-order valence-corrected chi connectivity index (χ3v) is 2.70. The van der Waals surface area contributed by atoms with Crippen LogP contribution in [0.2, 0.25) is 0 Å². The largest absolute Gasteiger partial charge is 0.444 e. The van der Waals surface area contributed by atoms with E-state index in [1.165, 1.54) is 0 Å². The number of likely N-dealkylation sites (N-methyl/N-ethyl adjacent to an activating group) is 1. The number of hydrogen-bond donors (Lipinski definition) is 1. The molecule has 1 fully saturated rings. The fourth-order valence-corrected chi connectivity index (χ4v) is 1.69. The number of hydrogen-bond acceptors (Lipinski definition) is 4. The molecule has 1 atom stereocenters. The first-order valence-corrected chi connectivity index (χ1v) is 5.71. The predicted octanol–water partition coefficient (Wildman–Crippen LogP) is 0.496. The Hall–Kier alpha value is -0.810. The average Bonchev–Trinajstić information content (AvgIpc) is 2.15. The molecular weight excluding hydrogens is 206 g/mol. The first kappa shape index (κ1) is 13.3. The molecule has 1 heterocycles. The molecule has 94 valence electrons. The van der Waals surface area contributed by atoms with Crippen LogP contribution in [-0.4, -0.2) is 60.8 Å². The monoisotopic (exact) mass is 229 g/mol. The molecule has 0 radical (unpaired) electrons. The summed E-state index contributed by atoms with van der Waals surface area (Å²) in [5.41, 5.74) is 5.23. The summed E-state index contributed by atoms with van der Waals surface area (Å²) in [5.74, 6) is 0. The van der Waals surface area contributed by atoms with Crippen molar-refractivity contribution in [1.29, 1.82) is 0 Å². The van der Waals surface area contributed by atoms with Crippen LogP contribution >= 0.6 is 0 Å². The number of carbonyl (C=O) groups is 1. The predicted molar refractivity (Wildman–Crippen MR) is 63.3 cm³/mol. The Morgan fingerprint density at radius 2 is 2.06 bits per heavy atom. The zero-order valence-electron chi connectivity index (χ0n) is 10.7. The smallest absolute Gasteiger partial charge is 0.410 e. The summed E-state index contributed by atoms with van der Waals surface area (Å²) in [4.78, 5) is 15.7. The standard InChI is InChI=1S/C11H23N3O2/c1-11(2,3)16-10(15)14-6-5-13(4)9(7-12)8-14/h9H,5-8,12H2,1-4H3/t9-/m0/s1. The third kappa shape index (κ3) is 3.64. The van der Waals surface area contributed by atoms with Crippen LogP contribution < -0.4 is 5.73 Å². The zero-order chi connectivity index (χ0) is 12.3. The number of ether oxygens (including phenoxy) is 1. The summed E-state index contributed by atoms with van der Waals surface area (Å²) in [6.07, 6.45) is -0.237. The molecular formula is C11H23N3O2. The molecule has 0 saturated carbocycles. The minimum absolute atomic E-state index is 0.237. The molecule has 0 unspecified atom stereocenters. The maximum Gasteiger partial charge on any atom is 0.410 e. The van der Waals surface area contributed by atoms with Crippen molar-refractivity contribution < 1.29 is 9.53 Å². The van der Waals surface area contributed by atoms with Gasteiger partial charge in [-0.2, -0.15) is 0 Å². The summed E-state index contributed by atoms with van der Waals surface area (Å²) in [6, 6.07) is 0.237. The van der Waals surface area contributed by atoms with Crippen molar-refractivity contribution in [2.24, 2.45) is 5.73 Å². The van der Waals surface area contributed by atoms with Crippen LogP contribution in [0.1, 0.15) is 20.8 Å². The number of nitrogens with two attached hydrogens (primary N) is 1. The molecule has 0 aromatic rings. The lowest BCUT2D eigenvalue weighted by Gasteiger charge is -2.39. The second-order valence-corrected chi connectivity index (χ2v) is 5.30. The summed E-state index contributed by atoms with van der Waals surface area (Å²) < 4.78 is 5.33. The van der Waals surface area contributed by atoms with Crippen molar-refractivity contribution in [2.45, 2.75) is 32.4 Å². The van der Waals surface area contributed by atoms with Gasteiger partial charge in [0.05, 0.1) is 0 Å². The molecule has 2 N–H and O–H groups in total. The van der Waals surface area contributed by atoms with Crippen LogP contribution in [0, 0.1) is 0 Å². The van der Waals surface area contributed by atoms with E-state index in [2.05, 4.69) is 4.90 Å². The van der Waals surface area contributed by atoms with Crippen LogP contribution in [0.5, 0.6) is 0 Å². The Bertz CT molecular complexity index is 250. The van der Waals surface area contributed by atoms with Gasteiger partial charge in [-0.3, -0.25) is 4.90 Å². The summed E-state index contributed by atoms with van der Waals surface area (Å²) in [7, 11) is 2.03. The highest BCUT2D eigenvalue weighted by Crippen LogP contribution is 2.13. The van der Waals surface area contributed by atoms with Crippen molar-refractivity contribution >= 4 is 6.09 Å². The van der Waals surface area contributed by atoms with Crippen LogP contribution in [-0.2, 0) is 4.74 Å². The van der Waals surface area contributed by atoms with E-state index in [1.54, 1.807) is 4.90 Å². The summed E-state index contributed by atoms with van der Waals surface area (Å²) in [6.45, 7) is 8.41. The summed E-state index contributed by atoms with van der Waals surface area (Å²) in [5, 5.41) is 0. The molecule has 1 rings (SSSR count). The van der Waals surface area contributed by atoms with Crippen molar-refractivity contribution in [3.63, 3.8) is 0 Å². The van der Waals surface area contributed by atoms with Gasteiger partial charge in [-0.05, 0) is 27.8 Å². The molecule has 0 aromatic carbocycles. The Morgan fingerprint density at radius 3 is 2.56 bits per heavy atom. The average molecular weight is 229 g/mol. The van der Waals surface area contributed by atoms with Crippen LogP contribution in [0.15, 0.2) is 0 Å². The number of carbonyl (C=O) groups excluding carboxylic acids is 1. The lowest BCUT2D eigenvalue weighted by molar-refractivity contribution is 0.00849. The number of nitrogens with zero attached hydrogens (tertiary/aromatic N) is 2. The minimum atomic E-state index is -0.432. The maximum atomic E-state index is 11.8. The first-order valence-electron chi connectivity index (χ1n) is 5.71. The Balaban J connectivity index is 2.52. The highest BCUT2D eigenvalue weighted by atomic mass is 16.6. The Kier molecular flexibility index (Phi) is 4.15. The van der Waals surface area contributed by atoms with E-state index in [0.29, 0.717) is 19.6 Å². The fourth-order valence-electron chi connectivity index (χ4n) is 1.69. The molecule has 1 amide bonds. The summed E-state index contributed by atoms with van der Waals surface area (Å²) >= 11 is 0. The molecule has 1 aliphatic heterocycles. The normalized spacial score (nSPS) is 23.3. The molecule has 0 spiro atoms. The zero-order valence-corrected chi connectivity index (χ0v) is 10.7. The topological polar surface area (TPSA) is 58.8 Å². The van der Waals surface area contributed by atoms with Gasteiger partial charge < -0.3 is 15.4 Å². The molecule has 16 heavy (non-hydrogen) atoms.